The number of esters is 1. The lowest BCUT2D eigenvalue weighted by atomic mass is 9.99. The number of carboxylic acids is 1. The van der Waals surface area contributed by atoms with Crippen molar-refractivity contribution >= 4 is 11.9 Å². The summed E-state index contributed by atoms with van der Waals surface area (Å²) < 4.78 is 10.8. The van der Waals surface area contributed by atoms with Gasteiger partial charge >= 0.3 is 11.9 Å². The van der Waals surface area contributed by atoms with E-state index in [1.807, 2.05) is 18.2 Å². The maximum Gasteiger partial charge on any atom is 0.335 e. The van der Waals surface area contributed by atoms with Crippen LogP contribution in [0, 0.1) is 0 Å². The van der Waals surface area contributed by atoms with E-state index in [1.54, 1.807) is 30.3 Å². The number of phenolic OH excluding ortho intramolecular Hbond substituents is 1. The molecule has 3 aromatic carbocycles. The molecular formula is C34H43NO7. The Bertz CT molecular complexity index is 1280. The predicted molar refractivity (Wildman–Crippen MR) is 162 cm³/mol. The number of benzene rings is 3. The van der Waals surface area contributed by atoms with Crippen LogP contribution in [0.5, 0.6) is 5.75 Å². The quantitative estimate of drug-likeness (QED) is 0.100. The van der Waals surface area contributed by atoms with Gasteiger partial charge in [-0.15, -0.1) is 0 Å². The first-order valence-electron chi connectivity index (χ1n) is 14.7. The van der Waals surface area contributed by atoms with Gasteiger partial charge in [-0.25, -0.2) is 4.79 Å². The van der Waals surface area contributed by atoms with E-state index in [0.717, 1.165) is 75.8 Å². The Morgan fingerprint density at radius 2 is 1.57 bits per heavy atom. The highest BCUT2D eigenvalue weighted by Crippen LogP contribution is 2.24. The Kier molecular flexibility index (Phi) is 14.0. The fourth-order valence-electron chi connectivity index (χ4n) is 4.65. The highest BCUT2D eigenvalue weighted by molar-refractivity contribution is 5.89. The monoisotopic (exact) mass is 577 g/mol. The third-order valence-corrected chi connectivity index (χ3v) is 7.02. The Balaban J connectivity index is 1.19. The Morgan fingerprint density at radius 1 is 0.857 bits per heavy atom. The molecule has 3 aromatic rings. The van der Waals surface area contributed by atoms with E-state index in [9.17, 15) is 24.9 Å². The zero-order valence-electron chi connectivity index (χ0n) is 24.4. The summed E-state index contributed by atoms with van der Waals surface area (Å²) in [6.07, 6.45) is 6.50. The minimum absolute atomic E-state index is 0.0259. The van der Waals surface area contributed by atoms with Gasteiger partial charge in [0, 0.05) is 32.2 Å². The number of ether oxygens (including phenoxy) is 2. The lowest BCUT2D eigenvalue weighted by Crippen LogP contribution is -2.22. The van der Waals surface area contributed by atoms with Gasteiger partial charge in [-0.3, -0.25) is 4.79 Å². The highest BCUT2D eigenvalue weighted by atomic mass is 16.5. The molecule has 0 aromatic heterocycles. The van der Waals surface area contributed by atoms with Crippen molar-refractivity contribution in [3.8, 4) is 16.9 Å². The highest BCUT2D eigenvalue weighted by Gasteiger charge is 2.11. The molecular weight excluding hydrogens is 534 g/mol. The second-order valence-corrected chi connectivity index (χ2v) is 10.5. The van der Waals surface area contributed by atoms with E-state index >= 15 is 0 Å². The first-order valence-corrected chi connectivity index (χ1v) is 14.7. The SMILES string of the molecule is CC(=O)OCc1cc([C@@H](O)CNCCCCCCOCCCCc2cccc(-c3cccc(C(=O)O)c3)c2)ccc1O. The summed E-state index contributed by atoms with van der Waals surface area (Å²) in [5.41, 5.74) is 4.61. The normalized spacial score (nSPS) is 11.8. The van der Waals surface area contributed by atoms with Crippen LogP contribution in [0.25, 0.3) is 11.1 Å². The van der Waals surface area contributed by atoms with Crippen LogP contribution < -0.4 is 5.32 Å². The molecule has 0 aliphatic rings. The van der Waals surface area contributed by atoms with Crippen molar-refractivity contribution in [2.24, 2.45) is 0 Å². The van der Waals surface area contributed by atoms with Crippen LogP contribution in [0.3, 0.4) is 0 Å². The van der Waals surface area contributed by atoms with Gasteiger partial charge in [0.1, 0.15) is 12.4 Å². The number of carbonyl (C=O) groups is 2. The summed E-state index contributed by atoms with van der Waals surface area (Å²) in [6, 6.07) is 20.1. The maximum atomic E-state index is 11.3. The van der Waals surface area contributed by atoms with Crippen molar-refractivity contribution < 1.29 is 34.4 Å². The smallest absolute Gasteiger partial charge is 0.335 e. The average molecular weight is 578 g/mol. The number of carboxylic acid groups (broad SMARTS) is 1. The van der Waals surface area contributed by atoms with E-state index < -0.39 is 18.0 Å². The summed E-state index contributed by atoms with van der Waals surface area (Å²) in [5.74, 6) is -1.30. The van der Waals surface area contributed by atoms with Gasteiger partial charge in [0.05, 0.1) is 11.7 Å². The molecule has 0 fully saturated rings. The van der Waals surface area contributed by atoms with Gasteiger partial charge in [0.25, 0.3) is 0 Å². The van der Waals surface area contributed by atoms with E-state index in [0.29, 0.717) is 23.2 Å². The van der Waals surface area contributed by atoms with Crippen LogP contribution in [0.2, 0.25) is 0 Å². The number of carbonyl (C=O) groups excluding carboxylic acids is 1. The van der Waals surface area contributed by atoms with Crippen LogP contribution in [-0.2, 0) is 27.3 Å². The molecule has 0 saturated heterocycles. The molecule has 42 heavy (non-hydrogen) atoms. The van der Waals surface area contributed by atoms with E-state index in [-0.39, 0.29) is 12.4 Å². The van der Waals surface area contributed by atoms with Crippen molar-refractivity contribution in [1.82, 2.24) is 5.32 Å². The van der Waals surface area contributed by atoms with Crippen LogP contribution in [0.15, 0.2) is 66.7 Å². The van der Waals surface area contributed by atoms with Crippen molar-refractivity contribution in [3.05, 3.63) is 89.0 Å². The number of hydrogen-bond acceptors (Lipinski definition) is 7. The summed E-state index contributed by atoms with van der Waals surface area (Å²) in [6.45, 7) is 4.01. The number of hydrogen-bond donors (Lipinski definition) is 4. The zero-order chi connectivity index (χ0) is 30.2. The van der Waals surface area contributed by atoms with Crippen molar-refractivity contribution in [2.75, 3.05) is 26.3 Å². The largest absolute Gasteiger partial charge is 0.508 e. The number of aryl methyl sites for hydroxylation is 1. The minimum atomic E-state index is -0.917. The molecule has 8 nitrogen and oxygen atoms in total. The third kappa shape index (κ3) is 11.6. The molecule has 0 aliphatic heterocycles. The molecule has 8 heteroatoms. The number of aliphatic hydroxyl groups is 1. The molecule has 4 N–H and O–H groups in total. The van der Waals surface area contributed by atoms with E-state index in [1.165, 1.54) is 18.6 Å². The average Bonchev–Trinajstić information content (AvgIpc) is 2.99. The predicted octanol–water partition coefficient (Wildman–Crippen LogP) is 6.04. The molecule has 0 saturated carbocycles. The maximum absolute atomic E-state index is 11.3. The number of aromatic hydroxyl groups is 1. The number of phenols is 1. The van der Waals surface area contributed by atoms with Crippen molar-refractivity contribution in [2.45, 2.75) is 64.6 Å². The number of unbranched alkanes of at least 4 members (excludes halogenated alkanes) is 4. The van der Waals surface area contributed by atoms with Gasteiger partial charge in [-0.05, 0) is 85.2 Å². The minimum Gasteiger partial charge on any atom is -0.508 e. The molecule has 226 valence electrons. The first-order chi connectivity index (χ1) is 20.3. The summed E-state index contributed by atoms with van der Waals surface area (Å²) in [7, 11) is 0. The molecule has 0 bridgehead atoms. The first kappa shape index (κ1) is 32.8. The molecule has 1 atom stereocenters. The lowest BCUT2D eigenvalue weighted by molar-refractivity contribution is -0.142. The van der Waals surface area contributed by atoms with Crippen LogP contribution >= 0.6 is 0 Å². The van der Waals surface area contributed by atoms with E-state index in [2.05, 4.69) is 17.4 Å². The van der Waals surface area contributed by atoms with Gasteiger partial charge in [-0.1, -0.05) is 55.3 Å². The summed E-state index contributed by atoms with van der Waals surface area (Å²) in [4.78, 5) is 22.3. The third-order valence-electron chi connectivity index (χ3n) is 7.02. The number of nitrogens with one attached hydrogen (secondary N) is 1. The number of aromatic carboxylic acids is 1. The molecule has 0 unspecified atom stereocenters. The summed E-state index contributed by atoms with van der Waals surface area (Å²) >= 11 is 0. The molecule has 0 amide bonds. The van der Waals surface area contributed by atoms with Crippen LogP contribution in [0.4, 0.5) is 0 Å². The molecule has 0 radical (unpaired) electrons. The zero-order valence-corrected chi connectivity index (χ0v) is 24.4. The Hall–Kier alpha value is -3.72. The van der Waals surface area contributed by atoms with Gasteiger partial charge < -0.3 is 30.1 Å². The van der Waals surface area contributed by atoms with Crippen molar-refractivity contribution in [3.63, 3.8) is 0 Å². The van der Waals surface area contributed by atoms with Crippen LogP contribution in [-0.4, -0.2) is 53.6 Å². The number of aliphatic hydroxyl groups excluding tert-OH is 1. The topological polar surface area (TPSA) is 125 Å². The molecule has 0 spiro atoms. The second-order valence-electron chi connectivity index (χ2n) is 10.5. The lowest BCUT2D eigenvalue weighted by Gasteiger charge is -2.14. The second kappa shape index (κ2) is 18.0. The number of rotatable bonds is 19. The fourth-order valence-corrected chi connectivity index (χ4v) is 4.65. The standard InChI is InChI=1S/C34H43NO7/c1-25(36)42-24-31-22-29(15-16-32(31)37)33(38)23-35-17-5-2-3-6-18-41-19-7-4-10-26-11-8-12-27(20-26)28-13-9-14-30(21-28)34(39)40/h8-9,11-16,20-22,33,35,37-38H,2-7,10,17-19,23-24H2,1H3,(H,39,40)/t33-/m0/s1. The van der Waals surface area contributed by atoms with E-state index in [4.69, 9.17) is 9.47 Å². The summed E-state index contributed by atoms with van der Waals surface area (Å²) in [5, 5.41) is 32.9. The van der Waals surface area contributed by atoms with Gasteiger partial charge in [0.2, 0.25) is 0 Å². The molecule has 0 aliphatic carbocycles. The molecule has 0 heterocycles. The Labute approximate surface area is 248 Å². The van der Waals surface area contributed by atoms with Gasteiger partial charge in [-0.2, -0.15) is 0 Å². The van der Waals surface area contributed by atoms with Crippen LogP contribution in [0.1, 0.15) is 78.6 Å². The van der Waals surface area contributed by atoms with Gasteiger partial charge in [0.15, 0.2) is 0 Å². The van der Waals surface area contributed by atoms with Crippen molar-refractivity contribution in [1.29, 1.82) is 0 Å². The Morgan fingerprint density at radius 3 is 2.33 bits per heavy atom. The fraction of sp³-hybridized carbons (Fsp3) is 0.412. The molecule has 3 rings (SSSR count).